The average Bonchev–Trinajstić information content (AvgIpc) is 2.42. The molecule has 2 aromatic rings. The van der Waals surface area contributed by atoms with Crippen LogP contribution in [0.4, 0.5) is 0 Å². The first-order valence-corrected chi connectivity index (χ1v) is 4.48. The van der Waals surface area contributed by atoms with Crippen LogP contribution in [0, 0.1) is 0 Å². The highest BCUT2D eigenvalue weighted by atomic mass is 15.4. The summed E-state index contributed by atoms with van der Waals surface area (Å²) in [6.07, 6.45) is 0. The lowest BCUT2D eigenvalue weighted by atomic mass is 10.0. The van der Waals surface area contributed by atoms with Gasteiger partial charge in [-0.2, -0.15) is 15.0 Å². The SMILES string of the molecule is CC(C)c1ccc2nn(C)nc2c1. The van der Waals surface area contributed by atoms with E-state index in [-0.39, 0.29) is 0 Å². The summed E-state index contributed by atoms with van der Waals surface area (Å²) in [6, 6.07) is 6.24. The minimum absolute atomic E-state index is 0.548. The van der Waals surface area contributed by atoms with Gasteiger partial charge < -0.3 is 0 Å². The molecule has 3 heteroatoms. The van der Waals surface area contributed by atoms with Crippen LogP contribution in [0.5, 0.6) is 0 Å². The first-order valence-electron chi connectivity index (χ1n) is 4.48. The van der Waals surface area contributed by atoms with E-state index in [1.54, 1.807) is 4.80 Å². The third-order valence-electron chi connectivity index (χ3n) is 2.17. The normalized spacial score (nSPS) is 11.4. The third kappa shape index (κ3) is 1.41. The molecule has 1 heterocycles. The van der Waals surface area contributed by atoms with Crippen molar-refractivity contribution in [3.63, 3.8) is 0 Å². The summed E-state index contributed by atoms with van der Waals surface area (Å²) in [5.74, 6) is 0.548. The summed E-state index contributed by atoms with van der Waals surface area (Å²) in [5, 5.41) is 8.48. The van der Waals surface area contributed by atoms with Gasteiger partial charge in [0.1, 0.15) is 11.0 Å². The minimum Gasteiger partial charge on any atom is -0.187 e. The van der Waals surface area contributed by atoms with E-state index in [9.17, 15) is 0 Å². The number of nitrogens with zero attached hydrogens (tertiary/aromatic N) is 3. The highest BCUT2D eigenvalue weighted by Crippen LogP contribution is 2.18. The molecule has 0 amide bonds. The number of hydrogen-bond acceptors (Lipinski definition) is 2. The Balaban J connectivity index is 2.61. The Hall–Kier alpha value is -1.38. The number of benzene rings is 1. The van der Waals surface area contributed by atoms with Crippen molar-refractivity contribution in [3.8, 4) is 0 Å². The molecule has 0 spiro atoms. The van der Waals surface area contributed by atoms with Crippen LogP contribution in [0.2, 0.25) is 0 Å². The van der Waals surface area contributed by atoms with Gasteiger partial charge >= 0.3 is 0 Å². The number of hydrogen-bond donors (Lipinski definition) is 0. The van der Waals surface area contributed by atoms with Crippen LogP contribution in [0.25, 0.3) is 11.0 Å². The molecule has 0 saturated heterocycles. The fourth-order valence-electron chi connectivity index (χ4n) is 1.40. The van der Waals surface area contributed by atoms with Crippen molar-refractivity contribution in [1.29, 1.82) is 0 Å². The molecule has 0 unspecified atom stereocenters. The van der Waals surface area contributed by atoms with Gasteiger partial charge in [-0.1, -0.05) is 19.9 Å². The van der Waals surface area contributed by atoms with Crippen molar-refractivity contribution >= 4 is 11.0 Å². The fraction of sp³-hybridized carbons (Fsp3) is 0.400. The van der Waals surface area contributed by atoms with Gasteiger partial charge in [-0.05, 0) is 23.6 Å². The molecule has 0 radical (unpaired) electrons. The Kier molecular flexibility index (Phi) is 1.79. The van der Waals surface area contributed by atoms with Crippen LogP contribution >= 0.6 is 0 Å². The zero-order valence-electron chi connectivity index (χ0n) is 8.15. The van der Waals surface area contributed by atoms with Crippen molar-refractivity contribution < 1.29 is 0 Å². The van der Waals surface area contributed by atoms with Gasteiger partial charge in [0.05, 0.1) is 0 Å². The molecule has 0 aliphatic carbocycles. The van der Waals surface area contributed by atoms with Crippen LogP contribution in [-0.4, -0.2) is 15.0 Å². The summed E-state index contributed by atoms with van der Waals surface area (Å²) < 4.78 is 0. The highest BCUT2D eigenvalue weighted by molar-refractivity contribution is 5.74. The van der Waals surface area contributed by atoms with Crippen molar-refractivity contribution in [3.05, 3.63) is 23.8 Å². The molecule has 3 nitrogen and oxygen atoms in total. The quantitative estimate of drug-likeness (QED) is 0.664. The second-order valence-corrected chi connectivity index (χ2v) is 3.59. The Morgan fingerprint density at radius 2 is 1.85 bits per heavy atom. The molecule has 0 saturated carbocycles. The molecule has 0 bridgehead atoms. The summed E-state index contributed by atoms with van der Waals surface area (Å²) in [5.41, 5.74) is 3.26. The average molecular weight is 175 g/mol. The van der Waals surface area contributed by atoms with Gasteiger partial charge in [-0.25, -0.2) is 0 Å². The second kappa shape index (κ2) is 2.83. The first kappa shape index (κ1) is 8.23. The standard InChI is InChI=1S/C10H13N3/c1-7(2)8-4-5-9-10(6-8)12-13(3)11-9/h4-7H,1-3H3. The Morgan fingerprint density at radius 1 is 1.15 bits per heavy atom. The monoisotopic (exact) mass is 175 g/mol. The lowest BCUT2D eigenvalue weighted by Gasteiger charge is -2.02. The van der Waals surface area contributed by atoms with E-state index in [1.165, 1.54) is 5.56 Å². The van der Waals surface area contributed by atoms with Gasteiger partial charge in [-0.15, -0.1) is 0 Å². The Bertz CT molecular complexity index is 429. The van der Waals surface area contributed by atoms with Crippen molar-refractivity contribution in [2.24, 2.45) is 7.05 Å². The summed E-state index contributed by atoms with van der Waals surface area (Å²) in [7, 11) is 1.84. The molecule has 68 valence electrons. The molecule has 1 aromatic carbocycles. The topological polar surface area (TPSA) is 30.7 Å². The van der Waals surface area contributed by atoms with Crippen LogP contribution in [0.15, 0.2) is 18.2 Å². The number of fused-ring (bicyclic) bond motifs is 1. The highest BCUT2D eigenvalue weighted by Gasteiger charge is 2.03. The predicted octanol–water partition coefficient (Wildman–Crippen LogP) is 2.09. The van der Waals surface area contributed by atoms with Crippen LogP contribution in [-0.2, 0) is 7.05 Å². The second-order valence-electron chi connectivity index (χ2n) is 3.59. The number of aryl methyl sites for hydroxylation is 1. The number of aromatic nitrogens is 3. The van der Waals surface area contributed by atoms with Crippen LogP contribution < -0.4 is 0 Å². The lowest BCUT2D eigenvalue weighted by Crippen LogP contribution is -1.90. The van der Waals surface area contributed by atoms with Gasteiger partial charge in [0.15, 0.2) is 0 Å². The molecule has 0 N–H and O–H groups in total. The Labute approximate surface area is 77.4 Å². The minimum atomic E-state index is 0.548. The zero-order chi connectivity index (χ0) is 9.42. The molecule has 0 fully saturated rings. The maximum atomic E-state index is 4.26. The fourth-order valence-corrected chi connectivity index (χ4v) is 1.40. The zero-order valence-corrected chi connectivity index (χ0v) is 8.15. The summed E-state index contributed by atoms with van der Waals surface area (Å²) >= 11 is 0. The Morgan fingerprint density at radius 3 is 2.54 bits per heavy atom. The van der Waals surface area contributed by atoms with E-state index >= 15 is 0 Å². The smallest absolute Gasteiger partial charge is 0.113 e. The molecule has 0 aliphatic rings. The van der Waals surface area contributed by atoms with Gasteiger partial charge in [0.25, 0.3) is 0 Å². The third-order valence-corrected chi connectivity index (χ3v) is 2.17. The maximum Gasteiger partial charge on any atom is 0.113 e. The molecule has 2 rings (SSSR count). The predicted molar refractivity (Wildman–Crippen MR) is 52.6 cm³/mol. The maximum absolute atomic E-state index is 4.26. The van der Waals surface area contributed by atoms with Crippen molar-refractivity contribution in [2.75, 3.05) is 0 Å². The summed E-state index contributed by atoms with van der Waals surface area (Å²) in [4.78, 5) is 1.61. The van der Waals surface area contributed by atoms with Crippen molar-refractivity contribution in [1.82, 2.24) is 15.0 Å². The van der Waals surface area contributed by atoms with E-state index in [0.717, 1.165) is 11.0 Å². The van der Waals surface area contributed by atoms with E-state index in [1.807, 2.05) is 13.1 Å². The van der Waals surface area contributed by atoms with Gasteiger partial charge in [0.2, 0.25) is 0 Å². The van der Waals surface area contributed by atoms with Crippen molar-refractivity contribution in [2.45, 2.75) is 19.8 Å². The van der Waals surface area contributed by atoms with Gasteiger partial charge in [0, 0.05) is 7.05 Å². The lowest BCUT2D eigenvalue weighted by molar-refractivity contribution is 0.665. The van der Waals surface area contributed by atoms with Crippen LogP contribution in [0.3, 0.4) is 0 Å². The van der Waals surface area contributed by atoms with Gasteiger partial charge in [-0.3, -0.25) is 0 Å². The van der Waals surface area contributed by atoms with Crippen LogP contribution in [0.1, 0.15) is 25.3 Å². The molecular weight excluding hydrogens is 162 g/mol. The molecule has 0 aliphatic heterocycles. The summed E-state index contributed by atoms with van der Waals surface area (Å²) in [6.45, 7) is 4.36. The molecule has 0 atom stereocenters. The molecule has 13 heavy (non-hydrogen) atoms. The molecule has 1 aromatic heterocycles. The van der Waals surface area contributed by atoms with E-state index < -0.39 is 0 Å². The first-order chi connectivity index (χ1) is 6.16. The van der Waals surface area contributed by atoms with E-state index in [4.69, 9.17) is 0 Å². The largest absolute Gasteiger partial charge is 0.187 e. The number of rotatable bonds is 1. The molecular formula is C10H13N3. The van der Waals surface area contributed by atoms with E-state index in [0.29, 0.717) is 5.92 Å². The van der Waals surface area contributed by atoms with E-state index in [2.05, 4.69) is 36.2 Å².